The number of hydrogen-bond acceptors (Lipinski definition) is 4. The van der Waals surface area contributed by atoms with Crippen LogP contribution in [0.3, 0.4) is 0 Å². The van der Waals surface area contributed by atoms with E-state index in [1.54, 1.807) is 6.07 Å². The van der Waals surface area contributed by atoms with Crippen LogP contribution in [-0.4, -0.2) is 6.03 Å². The van der Waals surface area contributed by atoms with E-state index in [9.17, 15) is 4.79 Å². The first kappa shape index (κ1) is 18.4. The van der Waals surface area contributed by atoms with Gasteiger partial charge in [0.2, 0.25) is 0 Å². The first-order chi connectivity index (χ1) is 13.1. The first-order valence-electron chi connectivity index (χ1n) is 8.52. The first-order valence-corrected chi connectivity index (χ1v) is 8.52. The number of hydrazine groups is 2. The number of benzene rings is 3. The van der Waals surface area contributed by atoms with Gasteiger partial charge in [0, 0.05) is 5.56 Å². The Morgan fingerprint density at radius 2 is 1.70 bits per heavy atom. The van der Waals surface area contributed by atoms with E-state index in [4.69, 9.17) is 16.4 Å². The molecule has 6 nitrogen and oxygen atoms in total. The Bertz CT molecular complexity index is 928. The van der Waals surface area contributed by atoms with Crippen LogP contribution >= 0.6 is 0 Å². The smallest absolute Gasteiger partial charge is 0.350 e. The number of ether oxygens (including phenoxy) is 1. The topological polar surface area (TPSA) is 93.6 Å². The molecule has 3 aromatic rings. The molecule has 0 aliphatic heterocycles. The molecule has 0 heterocycles. The largest absolute Gasteiger partial charge is 0.489 e. The average molecular weight is 362 g/mol. The quantitative estimate of drug-likeness (QED) is 0.368. The van der Waals surface area contributed by atoms with Gasteiger partial charge >= 0.3 is 6.03 Å². The molecule has 5 N–H and O–H groups in total. The molecule has 0 bridgehead atoms. The number of nitrogens with zero attached hydrogens (tertiary/aromatic N) is 1. The highest BCUT2D eigenvalue weighted by Crippen LogP contribution is 2.27. The molecule has 27 heavy (non-hydrogen) atoms. The van der Waals surface area contributed by atoms with E-state index in [2.05, 4.69) is 12.1 Å². The number of urea groups is 1. The SMILES string of the molecule is Cc1cccc(N(N)C(=O)NN)c1COc1cccc(-c2ccccc2)c1. The number of nitrogens with one attached hydrogen (secondary N) is 1. The Morgan fingerprint density at radius 1 is 1.00 bits per heavy atom. The summed E-state index contributed by atoms with van der Waals surface area (Å²) < 4.78 is 5.99. The summed E-state index contributed by atoms with van der Waals surface area (Å²) in [5, 5.41) is 0.978. The fraction of sp³-hybridized carbons (Fsp3) is 0.0952. The fourth-order valence-electron chi connectivity index (χ4n) is 2.83. The molecule has 0 spiro atoms. The van der Waals surface area contributed by atoms with Crippen molar-refractivity contribution in [3.63, 3.8) is 0 Å². The molecule has 0 fully saturated rings. The number of carbonyl (C=O) groups excluding carboxylic acids is 1. The van der Waals surface area contributed by atoms with E-state index in [0.717, 1.165) is 33.0 Å². The number of nitrogens with two attached hydrogens (primary N) is 2. The monoisotopic (exact) mass is 362 g/mol. The molecule has 0 unspecified atom stereocenters. The third kappa shape index (κ3) is 4.25. The van der Waals surface area contributed by atoms with E-state index in [1.165, 1.54) is 0 Å². The second-order valence-corrected chi connectivity index (χ2v) is 6.07. The van der Waals surface area contributed by atoms with Crippen molar-refractivity contribution in [1.29, 1.82) is 0 Å². The number of anilines is 1. The molecule has 0 saturated heterocycles. The van der Waals surface area contributed by atoms with E-state index < -0.39 is 6.03 Å². The van der Waals surface area contributed by atoms with E-state index in [-0.39, 0.29) is 6.61 Å². The highest BCUT2D eigenvalue weighted by molar-refractivity contribution is 5.91. The van der Waals surface area contributed by atoms with Gasteiger partial charge in [-0.3, -0.25) is 5.43 Å². The average Bonchev–Trinajstić information content (AvgIpc) is 2.72. The lowest BCUT2D eigenvalue weighted by atomic mass is 10.1. The van der Waals surface area contributed by atoms with Crippen LogP contribution in [0.2, 0.25) is 0 Å². The van der Waals surface area contributed by atoms with Crippen LogP contribution in [0.15, 0.2) is 72.8 Å². The lowest BCUT2D eigenvalue weighted by molar-refractivity contribution is 0.246. The standard InChI is InChI=1S/C21H22N4O2/c1-15-7-5-12-20(25(23)21(26)24-22)19(15)14-27-18-11-6-10-17(13-18)16-8-3-2-4-9-16/h2-13H,14,22-23H2,1H3,(H,24,26). The minimum Gasteiger partial charge on any atom is -0.489 e. The van der Waals surface area contributed by atoms with E-state index in [0.29, 0.717) is 5.69 Å². The van der Waals surface area contributed by atoms with Crippen molar-refractivity contribution in [3.05, 3.63) is 83.9 Å². The lowest BCUT2D eigenvalue weighted by Crippen LogP contribution is -2.48. The molecular weight excluding hydrogens is 340 g/mol. The molecule has 0 radical (unpaired) electrons. The van der Waals surface area contributed by atoms with Gasteiger partial charge in [-0.2, -0.15) is 0 Å². The van der Waals surface area contributed by atoms with Gasteiger partial charge in [-0.05, 0) is 41.8 Å². The van der Waals surface area contributed by atoms with Crippen LogP contribution in [-0.2, 0) is 6.61 Å². The van der Waals surface area contributed by atoms with Crippen LogP contribution < -0.4 is 26.9 Å². The maximum atomic E-state index is 11.8. The minimum atomic E-state index is -0.604. The zero-order chi connectivity index (χ0) is 19.2. The molecule has 0 aromatic heterocycles. The summed E-state index contributed by atoms with van der Waals surface area (Å²) in [6.07, 6.45) is 0. The van der Waals surface area contributed by atoms with Crippen LogP contribution in [0.5, 0.6) is 5.75 Å². The number of hydrogen-bond donors (Lipinski definition) is 3. The Labute approximate surface area is 158 Å². The second kappa shape index (κ2) is 8.35. The van der Waals surface area contributed by atoms with Crippen molar-refractivity contribution < 1.29 is 9.53 Å². The number of aryl methyl sites for hydroxylation is 1. The summed E-state index contributed by atoms with van der Waals surface area (Å²) in [6.45, 7) is 2.21. The zero-order valence-corrected chi connectivity index (χ0v) is 15.1. The van der Waals surface area contributed by atoms with Gasteiger partial charge in [0.1, 0.15) is 12.4 Å². The summed E-state index contributed by atoms with van der Waals surface area (Å²) in [6, 6.07) is 22.9. The van der Waals surface area contributed by atoms with Crippen LogP contribution in [0.25, 0.3) is 11.1 Å². The van der Waals surface area contributed by atoms with Gasteiger partial charge in [-0.15, -0.1) is 0 Å². The van der Waals surface area contributed by atoms with Crippen molar-refractivity contribution >= 4 is 11.7 Å². The van der Waals surface area contributed by atoms with Crippen molar-refractivity contribution in [2.75, 3.05) is 5.01 Å². The number of amides is 2. The minimum absolute atomic E-state index is 0.270. The summed E-state index contributed by atoms with van der Waals surface area (Å²) in [5.74, 6) is 11.8. The van der Waals surface area contributed by atoms with Crippen LogP contribution in [0, 0.1) is 6.92 Å². The second-order valence-electron chi connectivity index (χ2n) is 6.07. The predicted octanol–water partition coefficient (Wildman–Crippen LogP) is 3.50. The molecule has 0 aliphatic rings. The summed E-state index contributed by atoms with van der Waals surface area (Å²) in [5.41, 5.74) is 6.54. The Hall–Kier alpha value is -3.35. The highest BCUT2D eigenvalue weighted by Gasteiger charge is 2.16. The Balaban J connectivity index is 1.83. The third-order valence-electron chi connectivity index (χ3n) is 4.31. The van der Waals surface area contributed by atoms with Crippen molar-refractivity contribution in [2.45, 2.75) is 13.5 Å². The number of rotatable bonds is 5. The van der Waals surface area contributed by atoms with Crippen LogP contribution in [0.1, 0.15) is 11.1 Å². The molecule has 138 valence electrons. The molecule has 0 atom stereocenters. The van der Waals surface area contributed by atoms with Gasteiger partial charge in [0.25, 0.3) is 0 Å². The highest BCUT2D eigenvalue weighted by atomic mass is 16.5. The lowest BCUT2D eigenvalue weighted by Gasteiger charge is -2.21. The maximum Gasteiger partial charge on any atom is 0.350 e. The molecule has 6 heteroatoms. The van der Waals surface area contributed by atoms with Gasteiger partial charge in [-0.25, -0.2) is 21.5 Å². The number of carbonyl (C=O) groups is 1. The van der Waals surface area contributed by atoms with Gasteiger partial charge in [0.15, 0.2) is 0 Å². The normalized spacial score (nSPS) is 10.3. The van der Waals surface area contributed by atoms with Crippen LogP contribution in [0.4, 0.5) is 10.5 Å². The summed E-state index contributed by atoms with van der Waals surface area (Å²) in [4.78, 5) is 11.8. The van der Waals surface area contributed by atoms with Gasteiger partial charge < -0.3 is 4.74 Å². The molecule has 2 amide bonds. The molecule has 3 rings (SSSR count). The van der Waals surface area contributed by atoms with Crippen molar-refractivity contribution in [3.8, 4) is 16.9 Å². The van der Waals surface area contributed by atoms with Crippen molar-refractivity contribution in [2.24, 2.45) is 11.7 Å². The molecule has 0 saturated carbocycles. The van der Waals surface area contributed by atoms with E-state index in [1.807, 2.05) is 66.9 Å². The molecule has 0 aliphatic carbocycles. The fourth-order valence-corrected chi connectivity index (χ4v) is 2.83. The Kier molecular flexibility index (Phi) is 5.71. The Morgan fingerprint density at radius 3 is 2.44 bits per heavy atom. The van der Waals surface area contributed by atoms with Gasteiger partial charge in [0.05, 0.1) is 5.69 Å². The maximum absolute atomic E-state index is 11.8. The summed E-state index contributed by atoms with van der Waals surface area (Å²) >= 11 is 0. The zero-order valence-electron chi connectivity index (χ0n) is 15.1. The summed E-state index contributed by atoms with van der Waals surface area (Å²) in [7, 11) is 0. The molecule has 3 aromatic carbocycles. The predicted molar refractivity (Wildman–Crippen MR) is 107 cm³/mol. The van der Waals surface area contributed by atoms with E-state index >= 15 is 0 Å². The van der Waals surface area contributed by atoms with Crippen molar-refractivity contribution in [1.82, 2.24) is 5.43 Å². The molecular formula is C21H22N4O2. The third-order valence-corrected chi connectivity index (χ3v) is 4.31. The van der Waals surface area contributed by atoms with Gasteiger partial charge in [-0.1, -0.05) is 54.6 Å².